The SMILES string of the molecule is COC(=O)CCCCCNC(=O)/C=C/c1nc2ccccc2s1. The van der Waals surface area contributed by atoms with Gasteiger partial charge in [0.05, 0.1) is 17.3 Å². The molecule has 1 N–H and O–H groups in total. The molecule has 23 heavy (non-hydrogen) atoms. The molecule has 6 heteroatoms. The van der Waals surface area contributed by atoms with Crippen LogP contribution in [0.15, 0.2) is 30.3 Å². The number of methoxy groups -OCH3 is 1. The second kappa shape index (κ2) is 9.05. The zero-order chi connectivity index (χ0) is 16.5. The smallest absolute Gasteiger partial charge is 0.305 e. The fraction of sp³-hybridized carbons (Fsp3) is 0.353. The highest BCUT2D eigenvalue weighted by Crippen LogP contribution is 2.22. The van der Waals surface area contributed by atoms with Crippen LogP contribution in [0.1, 0.15) is 30.7 Å². The van der Waals surface area contributed by atoms with Crippen molar-refractivity contribution in [2.75, 3.05) is 13.7 Å². The number of thiazole rings is 1. The van der Waals surface area contributed by atoms with Crippen LogP contribution in [-0.2, 0) is 14.3 Å². The average Bonchev–Trinajstić information content (AvgIpc) is 2.98. The van der Waals surface area contributed by atoms with Crippen molar-refractivity contribution in [1.82, 2.24) is 10.3 Å². The zero-order valence-corrected chi connectivity index (χ0v) is 13.9. The standard InChI is InChI=1S/C17H20N2O3S/c1-22-17(21)9-3-2-6-12-18-15(20)10-11-16-19-13-7-4-5-8-14(13)23-16/h4-5,7-8,10-11H,2-3,6,9,12H2,1H3,(H,18,20)/b11-10+. The number of aromatic nitrogens is 1. The number of amides is 1. The molecule has 0 spiro atoms. The molecule has 2 rings (SSSR count). The number of ether oxygens (including phenoxy) is 1. The third kappa shape index (κ3) is 5.83. The lowest BCUT2D eigenvalue weighted by Gasteiger charge is -2.02. The van der Waals surface area contributed by atoms with Gasteiger partial charge < -0.3 is 10.1 Å². The summed E-state index contributed by atoms with van der Waals surface area (Å²) in [6.07, 6.45) is 6.18. The predicted molar refractivity (Wildman–Crippen MR) is 92.1 cm³/mol. The third-order valence-corrected chi connectivity index (χ3v) is 4.27. The molecule has 0 unspecified atom stereocenters. The highest BCUT2D eigenvalue weighted by atomic mass is 32.1. The number of nitrogens with zero attached hydrogens (tertiary/aromatic N) is 1. The number of hydrogen-bond donors (Lipinski definition) is 1. The number of hydrogen-bond acceptors (Lipinski definition) is 5. The van der Waals surface area contributed by atoms with Crippen LogP contribution in [0.4, 0.5) is 0 Å². The summed E-state index contributed by atoms with van der Waals surface area (Å²) in [6, 6.07) is 7.89. The van der Waals surface area contributed by atoms with Gasteiger partial charge in [-0.2, -0.15) is 0 Å². The maximum atomic E-state index is 11.7. The molecule has 0 atom stereocenters. The summed E-state index contributed by atoms with van der Waals surface area (Å²) in [7, 11) is 1.39. The largest absolute Gasteiger partial charge is 0.469 e. The van der Waals surface area contributed by atoms with E-state index in [0.29, 0.717) is 13.0 Å². The highest BCUT2D eigenvalue weighted by molar-refractivity contribution is 7.19. The lowest BCUT2D eigenvalue weighted by atomic mass is 10.2. The first-order chi connectivity index (χ1) is 11.2. The summed E-state index contributed by atoms with van der Waals surface area (Å²) in [5.74, 6) is -0.315. The van der Waals surface area contributed by atoms with Gasteiger partial charge in [-0.05, 0) is 31.1 Å². The number of esters is 1. The molecule has 1 aromatic heterocycles. The molecule has 0 aliphatic carbocycles. The van der Waals surface area contributed by atoms with Crippen LogP contribution in [0.3, 0.4) is 0 Å². The molecule has 0 radical (unpaired) electrons. The number of para-hydroxylation sites is 1. The van der Waals surface area contributed by atoms with Crippen molar-refractivity contribution in [3.63, 3.8) is 0 Å². The number of carbonyl (C=O) groups excluding carboxylic acids is 2. The van der Waals surface area contributed by atoms with Crippen molar-refractivity contribution >= 4 is 39.5 Å². The van der Waals surface area contributed by atoms with Gasteiger partial charge in [0.25, 0.3) is 0 Å². The Bertz CT molecular complexity index is 661. The maximum absolute atomic E-state index is 11.7. The summed E-state index contributed by atoms with van der Waals surface area (Å²) < 4.78 is 5.68. The van der Waals surface area contributed by atoms with E-state index >= 15 is 0 Å². The molecule has 2 aromatic rings. The number of carbonyl (C=O) groups is 2. The van der Waals surface area contributed by atoms with E-state index in [9.17, 15) is 9.59 Å². The number of fused-ring (bicyclic) bond motifs is 1. The lowest BCUT2D eigenvalue weighted by molar-refractivity contribution is -0.140. The van der Waals surface area contributed by atoms with Crippen molar-refractivity contribution in [3.8, 4) is 0 Å². The van der Waals surface area contributed by atoms with Gasteiger partial charge in [-0.15, -0.1) is 11.3 Å². The molecule has 0 aliphatic heterocycles. The van der Waals surface area contributed by atoms with E-state index in [2.05, 4.69) is 15.0 Å². The van der Waals surface area contributed by atoms with Crippen molar-refractivity contribution in [2.45, 2.75) is 25.7 Å². The van der Waals surface area contributed by atoms with Crippen LogP contribution in [0.5, 0.6) is 0 Å². The van der Waals surface area contributed by atoms with Gasteiger partial charge in [-0.25, -0.2) is 4.98 Å². The molecule has 1 amide bonds. The Hall–Kier alpha value is -2.21. The molecule has 0 aliphatic rings. The van der Waals surface area contributed by atoms with E-state index in [1.807, 2.05) is 24.3 Å². The van der Waals surface area contributed by atoms with E-state index in [1.165, 1.54) is 13.2 Å². The molecular formula is C17H20N2O3S. The second-order valence-corrected chi connectivity index (χ2v) is 6.09. The minimum Gasteiger partial charge on any atom is -0.469 e. The predicted octanol–water partition coefficient (Wildman–Crippen LogP) is 3.16. The van der Waals surface area contributed by atoms with E-state index < -0.39 is 0 Å². The van der Waals surface area contributed by atoms with Gasteiger partial charge in [0.1, 0.15) is 5.01 Å². The van der Waals surface area contributed by atoms with Gasteiger partial charge >= 0.3 is 5.97 Å². The van der Waals surface area contributed by atoms with Gasteiger partial charge in [0.15, 0.2) is 0 Å². The average molecular weight is 332 g/mol. The molecule has 0 saturated carbocycles. The van der Waals surface area contributed by atoms with Gasteiger partial charge in [0, 0.05) is 19.0 Å². The molecule has 122 valence electrons. The Balaban J connectivity index is 1.67. The second-order valence-electron chi connectivity index (χ2n) is 5.03. The number of unbranched alkanes of at least 4 members (excludes halogenated alkanes) is 2. The topological polar surface area (TPSA) is 68.3 Å². The zero-order valence-electron chi connectivity index (χ0n) is 13.1. The Morgan fingerprint density at radius 3 is 2.87 bits per heavy atom. The minimum atomic E-state index is -0.187. The molecule has 0 saturated heterocycles. The van der Waals surface area contributed by atoms with E-state index in [-0.39, 0.29) is 11.9 Å². The quantitative estimate of drug-likeness (QED) is 0.458. The first-order valence-electron chi connectivity index (χ1n) is 7.57. The Morgan fingerprint density at radius 2 is 2.09 bits per heavy atom. The van der Waals surface area contributed by atoms with Gasteiger partial charge in [0.2, 0.25) is 5.91 Å². The molecule has 1 heterocycles. The van der Waals surface area contributed by atoms with Crippen LogP contribution in [0.2, 0.25) is 0 Å². The molecule has 5 nitrogen and oxygen atoms in total. The normalized spacial score (nSPS) is 11.0. The van der Waals surface area contributed by atoms with E-state index in [4.69, 9.17) is 0 Å². The fourth-order valence-corrected chi connectivity index (χ4v) is 2.92. The molecule has 1 aromatic carbocycles. The molecule has 0 fully saturated rings. The van der Waals surface area contributed by atoms with Crippen LogP contribution >= 0.6 is 11.3 Å². The van der Waals surface area contributed by atoms with Crippen LogP contribution in [0, 0.1) is 0 Å². The van der Waals surface area contributed by atoms with Crippen molar-refractivity contribution in [2.24, 2.45) is 0 Å². The lowest BCUT2D eigenvalue weighted by Crippen LogP contribution is -2.22. The number of nitrogens with one attached hydrogen (secondary N) is 1. The fourth-order valence-electron chi connectivity index (χ4n) is 2.05. The Morgan fingerprint density at radius 1 is 1.26 bits per heavy atom. The minimum absolute atomic E-state index is 0.128. The van der Waals surface area contributed by atoms with Gasteiger partial charge in [-0.3, -0.25) is 9.59 Å². The Labute approximate surface area is 139 Å². The summed E-state index contributed by atoms with van der Waals surface area (Å²) >= 11 is 1.56. The van der Waals surface area contributed by atoms with Crippen LogP contribution in [0.25, 0.3) is 16.3 Å². The van der Waals surface area contributed by atoms with Crippen LogP contribution < -0.4 is 5.32 Å². The third-order valence-electron chi connectivity index (χ3n) is 3.27. The monoisotopic (exact) mass is 332 g/mol. The first-order valence-corrected chi connectivity index (χ1v) is 8.39. The van der Waals surface area contributed by atoms with E-state index in [0.717, 1.165) is 34.5 Å². The highest BCUT2D eigenvalue weighted by Gasteiger charge is 2.02. The molecular weight excluding hydrogens is 312 g/mol. The molecule has 0 bridgehead atoms. The van der Waals surface area contributed by atoms with E-state index in [1.54, 1.807) is 17.4 Å². The Kier molecular flexibility index (Phi) is 6.75. The first kappa shape index (κ1) is 17.1. The number of benzene rings is 1. The summed E-state index contributed by atoms with van der Waals surface area (Å²) in [4.78, 5) is 27.1. The maximum Gasteiger partial charge on any atom is 0.305 e. The summed E-state index contributed by atoms with van der Waals surface area (Å²) in [6.45, 7) is 0.601. The van der Waals surface area contributed by atoms with Crippen molar-refractivity contribution < 1.29 is 14.3 Å². The van der Waals surface area contributed by atoms with Crippen molar-refractivity contribution in [3.05, 3.63) is 35.3 Å². The summed E-state index contributed by atoms with van der Waals surface area (Å²) in [5, 5.41) is 3.64. The van der Waals surface area contributed by atoms with Crippen molar-refractivity contribution in [1.29, 1.82) is 0 Å². The van der Waals surface area contributed by atoms with Gasteiger partial charge in [-0.1, -0.05) is 18.6 Å². The summed E-state index contributed by atoms with van der Waals surface area (Å²) in [5.41, 5.74) is 0.947. The number of rotatable bonds is 8. The van der Waals surface area contributed by atoms with Crippen LogP contribution in [-0.4, -0.2) is 30.5 Å².